The fourth-order valence-corrected chi connectivity index (χ4v) is 0.550. The number of para-hydroxylation sites is 1. The minimum absolute atomic E-state index is 0.137. The van der Waals surface area contributed by atoms with Gasteiger partial charge in [0.2, 0.25) is 0 Å². The van der Waals surface area contributed by atoms with Crippen LogP contribution < -0.4 is 0 Å². The Morgan fingerprint density at radius 1 is 0.941 bits per heavy atom. The first-order chi connectivity index (χ1) is 7.77. The van der Waals surface area contributed by atoms with Crippen molar-refractivity contribution < 1.29 is 34.9 Å². The highest BCUT2D eigenvalue weighted by Crippen LogP contribution is 2.06. The van der Waals surface area contributed by atoms with E-state index in [0.29, 0.717) is 0 Å². The van der Waals surface area contributed by atoms with Crippen LogP contribution in [0.2, 0.25) is 0 Å². The predicted molar refractivity (Wildman–Crippen MR) is 54.4 cm³/mol. The molecule has 17 heavy (non-hydrogen) atoms. The van der Waals surface area contributed by atoms with Gasteiger partial charge in [-0.1, -0.05) is 18.2 Å². The Kier molecular flexibility index (Phi) is 9.47. The molecule has 0 heterocycles. The van der Waals surface area contributed by atoms with Gasteiger partial charge in [0, 0.05) is 12.1 Å². The number of carbonyl (C=O) groups is 2. The predicted octanol–water partition coefficient (Wildman–Crippen LogP) is 2.04. The average molecular weight is 247 g/mol. The fourth-order valence-electron chi connectivity index (χ4n) is 0.550. The van der Waals surface area contributed by atoms with E-state index < -0.39 is 17.2 Å². The number of nitrogens with zero attached hydrogens (tertiary/aromatic N) is 1. The van der Waals surface area contributed by atoms with Crippen LogP contribution in [0.5, 0.6) is 0 Å². The van der Waals surface area contributed by atoms with Gasteiger partial charge in [-0.2, -0.15) is 0 Å². The van der Waals surface area contributed by atoms with Crippen LogP contribution in [0.1, 0.15) is 0 Å². The topological polar surface area (TPSA) is 158 Å². The van der Waals surface area contributed by atoms with E-state index in [1.54, 1.807) is 18.2 Å². The third-order valence-corrected chi connectivity index (χ3v) is 0.967. The number of nitro benzene ring substituents is 1. The minimum Gasteiger partial charge on any atom is -0.450 e. The second kappa shape index (κ2) is 9.71. The maximum absolute atomic E-state index is 10.0. The van der Waals surface area contributed by atoms with Crippen LogP contribution in [0.25, 0.3) is 0 Å². The summed E-state index contributed by atoms with van der Waals surface area (Å²) in [7, 11) is 0. The van der Waals surface area contributed by atoms with Gasteiger partial charge in [0.05, 0.1) is 4.92 Å². The van der Waals surface area contributed by atoms with Gasteiger partial charge in [-0.3, -0.25) is 10.1 Å². The van der Waals surface area contributed by atoms with E-state index in [1.807, 2.05) is 0 Å². The van der Waals surface area contributed by atoms with Gasteiger partial charge in [0.25, 0.3) is 5.69 Å². The number of non-ortho nitro benzene ring substituents is 1. The zero-order chi connectivity index (χ0) is 13.8. The summed E-state index contributed by atoms with van der Waals surface area (Å²) in [5.74, 6) is 0. The molecule has 0 aromatic heterocycles. The van der Waals surface area contributed by atoms with Gasteiger partial charge in [-0.05, 0) is 0 Å². The third kappa shape index (κ3) is 19.5. The van der Waals surface area contributed by atoms with Crippen LogP contribution in [0.3, 0.4) is 0 Å². The van der Waals surface area contributed by atoms with Crippen molar-refractivity contribution in [2.45, 2.75) is 0 Å². The Hall–Kier alpha value is -2.84. The van der Waals surface area contributed by atoms with Crippen molar-refractivity contribution in [3.05, 3.63) is 40.4 Å². The van der Waals surface area contributed by atoms with Crippen molar-refractivity contribution in [2.75, 3.05) is 0 Å². The standard InChI is InChI=1S/C6H5NO2.2CH2O3/c8-7(9)6-4-2-1-3-5-6;2*2-1(3)4/h1-5H;2*(H2,2,3,4). The number of hydrogen-bond donors (Lipinski definition) is 4. The van der Waals surface area contributed by atoms with Gasteiger partial charge >= 0.3 is 12.3 Å². The van der Waals surface area contributed by atoms with Crippen molar-refractivity contribution in [1.29, 1.82) is 0 Å². The maximum Gasteiger partial charge on any atom is 0.503 e. The smallest absolute Gasteiger partial charge is 0.450 e. The van der Waals surface area contributed by atoms with Crippen LogP contribution in [0.15, 0.2) is 30.3 Å². The number of rotatable bonds is 1. The van der Waals surface area contributed by atoms with Gasteiger partial charge in [0.15, 0.2) is 0 Å². The number of benzene rings is 1. The molecule has 1 aromatic rings. The first kappa shape index (κ1) is 16.6. The molecule has 1 aromatic carbocycles. The van der Waals surface area contributed by atoms with Crippen LogP contribution in [-0.2, 0) is 0 Å². The molecule has 0 aliphatic carbocycles. The first-order valence-electron chi connectivity index (χ1n) is 3.80. The SMILES string of the molecule is O=C(O)O.O=C(O)O.O=[N+]([O-])c1ccccc1. The Bertz CT molecular complexity index is 343. The Morgan fingerprint density at radius 2 is 1.24 bits per heavy atom. The van der Waals surface area contributed by atoms with E-state index in [9.17, 15) is 10.1 Å². The van der Waals surface area contributed by atoms with Crippen molar-refractivity contribution in [3.8, 4) is 0 Å². The molecule has 0 saturated heterocycles. The molecule has 4 N–H and O–H groups in total. The van der Waals surface area contributed by atoms with E-state index in [4.69, 9.17) is 30.0 Å². The molecule has 0 amide bonds. The highest BCUT2D eigenvalue weighted by atomic mass is 16.6. The summed E-state index contributed by atoms with van der Waals surface area (Å²) in [6.45, 7) is 0. The summed E-state index contributed by atoms with van der Waals surface area (Å²) in [5.41, 5.74) is 0.137. The summed E-state index contributed by atoms with van der Waals surface area (Å²) < 4.78 is 0. The normalized spacial score (nSPS) is 7.53. The minimum atomic E-state index is -1.83. The van der Waals surface area contributed by atoms with Crippen molar-refractivity contribution >= 4 is 18.0 Å². The summed E-state index contributed by atoms with van der Waals surface area (Å²) in [6.07, 6.45) is -3.67. The van der Waals surface area contributed by atoms with Crippen molar-refractivity contribution in [2.24, 2.45) is 0 Å². The molecule has 0 bridgehead atoms. The molecule has 0 atom stereocenters. The van der Waals surface area contributed by atoms with E-state index in [0.717, 1.165) is 0 Å². The number of hydrogen-bond acceptors (Lipinski definition) is 4. The second-order valence-corrected chi connectivity index (χ2v) is 2.16. The zero-order valence-corrected chi connectivity index (χ0v) is 8.26. The van der Waals surface area contributed by atoms with Crippen LogP contribution in [0, 0.1) is 10.1 Å². The molecule has 9 nitrogen and oxygen atoms in total. The fraction of sp³-hybridized carbons (Fsp3) is 0. The molecule has 9 heteroatoms. The molecule has 1 rings (SSSR count). The van der Waals surface area contributed by atoms with Crippen molar-refractivity contribution in [1.82, 2.24) is 0 Å². The molecule has 0 aliphatic rings. The lowest BCUT2D eigenvalue weighted by Gasteiger charge is -1.85. The summed E-state index contributed by atoms with van der Waals surface area (Å²) in [5, 5.41) is 37.9. The summed E-state index contributed by atoms with van der Waals surface area (Å²) in [4.78, 5) is 26.7. The Balaban J connectivity index is 0. The van der Waals surface area contributed by atoms with E-state index >= 15 is 0 Å². The molecule has 0 saturated carbocycles. The van der Waals surface area contributed by atoms with Crippen LogP contribution in [0.4, 0.5) is 15.3 Å². The van der Waals surface area contributed by atoms with E-state index in [2.05, 4.69) is 0 Å². The molecular formula is C8H9NO8. The quantitative estimate of drug-likeness (QED) is 0.433. The average Bonchev–Trinajstić information content (AvgIpc) is 2.17. The number of carboxylic acid groups (broad SMARTS) is 4. The lowest BCUT2D eigenvalue weighted by atomic mass is 10.3. The first-order valence-corrected chi connectivity index (χ1v) is 3.80. The lowest BCUT2D eigenvalue weighted by molar-refractivity contribution is -0.384. The molecule has 0 radical (unpaired) electrons. The van der Waals surface area contributed by atoms with Crippen molar-refractivity contribution in [3.63, 3.8) is 0 Å². The van der Waals surface area contributed by atoms with E-state index in [1.165, 1.54) is 12.1 Å². The summed E-state index contributed by atoms with van der Waals surface area (Å²) in [6, 6.07) is 7.93. The highest BCUT2D eigenvalue weighted by molar-refractivity contribution is 5.53. The summed E-state index contributed by atoms with van der Waals surface area (Å²) >= 11 is 0. The van der Waals surface area contributed by atoms with Crippen LogP contribution in [-0.4, -0.2) is 37.7 Å². The van der Waals surface area contributed by atoms with Gasteiger partial charge in [-0.25, -0.2) is 9.59 Å². The molecule has 0 unspecified atom stereocenters. The molecule has 0 fully saturated rings. The third-order valence-electron chi connectivity index (χ3n) is 0.967. The highest BCUT2D eigenvalue weighted by Gasteiger charge is 1.98. The van der Waals surface area contributed by atoms with E-state index in [-0.39, 0.29) is 5.69 Å². The molecule has 0 aliphatic heterocycles. The number of nitro groups is 1. The molecule has 94 valence electrons. The second-order valence-electron chi connectivity index (χ2n) is 2.16. The largest absolute Gasteiger partial charge is 0.503 e. The van der Waals surface area contributed by atoms with Gasteiger partial charge in [0.1, 0.15) is 0 Å². The van der Waals surface area contributed by atoms with Gasteiger partial charge in [-0.15, -0.1) is 0 Å². The van der Waals surface area contributed by atoms with Gasteiger partial charge < -0.3 is 20.4 Å². The Morgan fingerprint density at radius 3 is 1.41 bits per heavy atom. The van der Waals surface area contributed by atoms with Crippen LogP contribution >= 0.6 is 0 Å². The maximum atomic E-state index is 10.0. The molecule has 0 spiro atoms. The Labute approximate surface area is 94.3 Å². The molecular weight excluding hydrogens is 238 g/mol. The zero-order valence-electron chi connectivity index (χ0n) is 8.26. The lowest BCUT2D eigenvalue weighted by Crippen LogP contribution is -1.84. The monoisotopic (exact) mass is 247 g/mol.